The Kier molecular flexibility index (Phi) is 9.61. The molecule has 1 fully saturated rings. The number of carbonyl (C=O) groups excluding carboxylic acids is 1. The number of phosphoric ester groups is 1. The lowest BCUT2D eigenvalue weighted by atomic mass is 9.93. The molecule has 3 aromatic rings. The summed E-state index contributed by atoms with van der Waals surface area (Å²) in [7, 11) is -16.8. The minimum absolute atomic E-state index is 0.0774. The van der Waals surface area contributed by atoms with Gasteiger partial charge in [-0.2, -0.15) is 8.62 Å². The molecule has 0 aromatic carbocycles. The summed E-state index contributed by atoms with van der Waals surface area (Å²) < 4.78 is 54.6. The molecule has 21 nitrogen and oxygen atoms in total. The molecule has 0 spiro atoms. The van der Waals surface area contributed by atoms with Crippen LogP contribution < -0.4 is 5.73 Å². The summed E-state index contributed by atoms with van der Waals surface area (Å²) in [6.45, 7) is 0.771. The number of ether oxygens (including phenoxy) is 1. The van der Waals surface area contributed by atoms with Crippen molar-refractivity contribution in [3.05, 3.63) is 38.7 Å². The summed E-state index contributed by atoms with van der Waals surface area (Å²) in [5.41, 5.74) is 15.1. The highest BCUT2D eigenvalue weighted by Crippen LogP contribution is 2.66. The molecule has 4 rings (SSSR count). The Morgan fingerprint density at radius 3 is 2.67 bits per heavy atom. The predicted octanol–water partition coefficient (Wildman–Crippen LogP) is 2.50. The number of hydrogen-bond acceptors (Lipinski definition) is 15. The number of nitrogen functional groups attached to an aromatic ring is 1. The third-order valence-corrected chi connectivity index (χ3v) is 10.4. The molecule has 0 radical (unpaired) electrons. The fourth-order valence-electron chi connectivity index (χ4n) is 4.13. The third-order valence-electron chi connectivity index (χ3n) is 5.67. The van der Waals surface area contributed by atoms with Crippen LogP contribution in [0.5, 0.6) is 0 Å². The van der Waals surface area contributed by atoms with Gasteiger partial charge in [-0.15, -0.1) is 11.3 Å². The molecule has 25 heteroatoms. The third kappa shape index (κ3) is 8.03. The molecule has 3 unspecified atom stereocenters. The molecule has 0 saturated carbocycles. The number of hydrogen-bond donors (Lipinski definition) is 5. The van der Waals surface area contributed by atoms with Crippen LogP contribution in [0.25, 0.3) is 21.6 Å². The van der Waals surface area contributed by atoms with E-state index in [2.05, 4.69) is 38.6 Å². The summed E-state index contributed by atoms with van der Waals surface area (Å²) in [5.74, 6) is -1.08. The molecule has 5 atom stereocenters. The first-order chi connectivity index (χ1) is 19.6. The summed E-state index contributed by atoms with van der Waals surface area (Å²) >= 11 is 1.17. The molecular formula is C17H22N9O12P3S. The van der Waals surface area contributed by atoms with E-state index in [9.17, 15) is 28.3 Å². The van der Waals surface area contributed by atoms with Gasteiger partial charge in [0.15, 0.2) is 17.2 Å². The number of phosphoric acid groups is 3. The number of Topliss-reactive ketones (excluding diaryl/α,β-unsaturated/α-hetero) is 1. The van der Waals surface area contributed by atoms with E-state index < -0.39 is 54.1 Å². The largest absolute Gasteiger partial charge is 0.490 e. The van der Waals surface area contributed by atoms with Crippen LogP contribution >= 0.6 is 34.8 Å². The van der Waals surface area contributed by atoms with Crippen LogP contribution in [0.1, 0.15) is 39.4 Å². The SMILES string of the molecule is Cc1nc(C(=O)CC2C[C@H](n3cnc4c(N)ncnc43)O[C@@H]2COP(=O)(O)OP(=O)(O)OP(=O)(O)O)c(CN=[N+]=[N-])s1. The molecule has 228 valence electrons. The van der Waals surface area contributed by atoms with E-state index >= 15 is 0 Å². The van der Waals surface area contributed by atoms with Gasteiger partial charge in [0.2, 0.25) is 0 Å². The van der Waals surface area contributed by atoms with Gasteiger partial charge in [-0.05, 0) is 24.8 Å². The second-order valence-corrected chi connectivity index (χ2v) is 14.3. The number of aryl methyl sites for hydroxylation is 1. The monoisotopic (exact) mass is 669 g/mol. The van der Waals surface area contributed by atoms with E-state index in [0.29, 0.717) is 9.88 Å². The van der Waals surface area contributed by atoms with Gasteiger partial charge < -0.3 is 30.0 Å². The first kappa shape index (κ1) is 32.2. The maximum Gasteiger partial charge on any atom is 0.490 e. The topological polar surface area (TPSA) is 317 Å². The maximum absolute atomic E-state index is 13.3. The molecule has 6 N–H and O–H groups in total. The van der Waals surface area contributed by atoms with E-state index in [0.717, 1.165) is 0 Å². The van der Waals surface area contributed by atoms with Crippen molar-refractivity contribution in [2.24, 2.45) is 11.0 Å². The smallest absolute Gasteiger partial charge is 0.382 e. The Bertz CT molecular complexity index is 1690. The zero-order chi connectivity index (χ0) is 30.9. The molecule has 4 heterocycles. The number of azide groups is 1. The van der Waals surface area contributed by atoms with Gasteiger partial charge in [0, 0.05) is 16.2 Å². The lowest BCUT2D eigenvalue weighted by Gasteiger charge is -2.21. The highest BCUT2D eigenvalue weighted by molar-refractivity contribution is 7.66. The summed E-state index contributed by atoms with van der Waals surface area (Å²) in [6, 6.07) is 0. The highest BCUT2D eigenvalue weighted by atomic mass is 32.1. The number of rotatable bonds is 13. The summed E-state index contributed by atoms with van der Waals surface area (Å²) in [5, 5.41) is 4.03. The molecule has 0 amide bonds. The Hall–Kier alpha value is -2.67. The first-order valence-electron chi connectivity index (χ1n) is 11.4. The van der Waals surface area contributed by atoms with Crippen molar-refractivity contribution < 1.29 is 55.9 Å². The Morgan fingerprint density at radius 2 is 1.98 bits per heavy atom. The molecule has 3 aromatic heterocycles. The van der Waals surface area contributed by atoms with Crippen LogP contribution in [-0.2, 0) is 38.1 Å². The minimum Gasteiger partial charge on any atom is -0.382 e. The number of carbonyl (C=O) groups is 1. The number of nitrogens with two attached hydrogens (primary N) is 1. The van der Waals surface area contributed by atoms with Crippen molar-refractivity contribution >= 4 is 57.6 Å². The fourth-order valence-corrected chi connectivity index (χ4v) is 8.03. The molecule has 0 bridgehead atoms. The van der Waals surface area contributed by atoms with Crippen LogP contribution in [0.2, 0.25) is 0 Å². The Morgan fingerprint density at radius 1 is 1.24 bits per heavy atom. The number of anilines is 1. The number of thiazole rings is 1. The zero-order valence-corrected chi connectivity index (χ0v) is 24.7. The second-order valence-electron chi connectivity index (χ2n) is 8.62. The van der Waals surface area contributed by atoms with Gasteiger partial charge in [-0.1, -0.05) is 5.11 Å². The fraction of sp³-hybridized carbons (Fsp3) is 0.471. The van der Waals surface area contributed by atoms with Crippen molar-refractivity contribution in [2.75, 3.05) is 12.3 Å². The maximum atomic E-state index is 13.3. The standard InChI is InChI=1S/C17H22N9O12P3S/c1-8-24-14(12(42-8)4-23-25-19)10(27)2-9-3-13(26-7-22-15-16(18)20-6-21-17(15)26)36-11(9)5-35-40(31,32)38-41(33,34)37-39(28,29)30/h6-7,9,11,13H,2-5H2,1H3,(H,31,32)(H,33,34)(H2,18,20,21)(H2,28,29,30)/t9?,11-,13-/m1/s1. The van der Waals surface area contributed by atoms with Crippen LogP contribution in [0.15, 0.2) is 17.8 Å². The van der Waals surface area contributed by atoms with Gasteiger partial charge in [0.05, 0.1) is 30.6 Å². The number of imidazole rings is 1. The number of nitrogens with zero attached hydrogens (tertiary/aromatic N) is 8. The van der Waals surface area contributed by atoms with Gasteiger partial charge in [-0.25, -0.2) is 33.6 Å². The average molecular weight is 669 g/mol. The molecule has 42 heavy (non-hydrogen) atoms. The highest BCUT2D eigenvalue weighted by Gasteiger charge is 2.44. The van der Waals surface area contributed by atoms with Crippen LogP contribution in [0, 0.1) is 12.8 Å². The number of ketones is 1. The Balaban J connectivity index is 1.57. The van der Waals surface area contributed by atoms with Crippen molar-refractivity contribution in [1.82, 2.24) is 24.5 Å². The molecule has 1 aliphatic rings. The predicted molar refractivity (Wildman–Crippen MR) is 140 cm³/mol. The van der Waals surface area contributed by atoms with E-state index in [1.807, 2.05) is 0 Å². The lowest BCUT2D eigenvalue weighted by molar-refractivity contribution is -0.0287. The van der Waals surface area contributed by atoms with E-state index in [1.165, 1.54) is 28.6 Å². The van der Waals surface area contributed by atoms with E-state index in [1.54, 1.807) is 6.92 Å². The van der Waals surface area contributed by atoms with Gasteiger partial charge in [-0.3, -0.25) is 13.9 Å². The van der Waals surface area contributed by atoms with Gasteiger partial charge >= 0.3 is 23.5 Å². The number of aromatic nitrogens is 5. The van der Waals surface area contributed by atoms with Crippen molar-refractivity contribution in [3.63, 3.8) is 0 Å². The Labute approximate surface area is 238 Å². The van der Waals surface area contributed by atoms with Crippen molar-refractivity contribution in [3.8, 4) is 0 Å². The molecule has 1 aliphatic heterocycles. The summed E-state index contributed by atoms with van der Waals surface area (Å²) in [6.07, 6.45) is 0.481. The van der Waals surface area contributed by atoms with Crippen molar-refractivity contribution in [1.29, 1.82) is 0 Å². The first-order valence-corrected chi connectivity index (χ1v) is 16.8. The number of fused-ring (bicyclic) bond motifs is 1. The summed E-state index contributed by atoms with van der Waals surface area (Å²) in [4.78, 5) is 69.6. The van der Waals surface area contributed by atoms with Crippen LogP contribution in [-0.4, -0.2) is 62.6 Å². The quantitative estimate of drug-likeness (QED) is 0.0573. The van der Waals surface area contributed by atoms with Crippen LogP contribution in [0.4, 0.5) is 5.82 Å². The van der Waals surface area contributed by atoms with Gasteiger partial charge in [0.1, 0.15) is 23.8 Å². The second kappa shape index (κ2) is 12.5. The molecule has 1 saturated heterocycles. The average Bonchev–Trinajstić information content (AvgIpc) is 3.56. The normalized spacial score (nSPS) is 22.0. The zero-order valence-electron chi connectivity index (χ0n) is 21.2. The lowest BCUT2D eigenvalue weighted by Crippen LogP contribution is -2.25. The van der Waals surface area contributed by atoms with E-state index in [-0.39, 0.29) is 42.1 Å². The minimum atomic E-state index is -5.75. The molecular weight excluding hydrogens is 647 g/mol. The van der Waals surface area contributed by atoms with Gasteiger partial charge in [0.25, 0.3) is 0 Å². The van der Waals surface area contributed by atoms with Crippen LogP contribution in [0.3, 0.4) is 0 Å². The molecule has 0 aliphatic carbocycles. The van der Waals surface area contributed by atoms with E-state index in [4.69, 9.17) is 30.3 Å². The van der Waals surface area contributed by atoms with Crippen molar-refractivity contribution in [2.45, 2.75) is 38.6 Å².